The minimum absolute atomic E-state index is 0.0386. The summed E-state index contributed by atoms with van der Waals surface area (Å²) in [6, 6.07) is 18.3. The van der Waals surface area contributed by atoms with Gasteiger partial charge in [0.05, 0.1) is 0 Å². The number of carbonyl (C=O) groups is 1. The molecule has 2 aromatic rings. The zero-order valence-corrected chi connectivity index (χ0v) is 12.8. The summed E-state index contributed by atoms with van der Waals surface area (Å²) in [4.78, 5) is 12.2. The number of hydrogen-bond acceptors (Lipinski definition) is 2. The van der Waals surface area contributed by atoms with Gasteiger partial charge in [-0.15, -0.1) is 0 Å². The fourth-order valence-corrected chi connectivity index (χ4v) is 4.80. The first-order valence-corrected chi connectivity index (χ1v) is 8.62. The normalized spacial score (nSPS) is 17.3. The van der Waals surface area contributed by atoms with Gasteiger partial charge in [0.25, 0.3) is 0 Å². The van der Waals surface area contributed by atoms with Crippen molar-refractivity contribution in [2.24, 2.45) is 0 Å². The van der Waals surface area contributed by atoms with Crippen LogP contribution in [0.3, 0.4) is 0 Å². The van der Waals surface area contributed by atoms with E-state index in [0.717, 1.165) is 18.4 Å². The van der Waals surface area contributed by atoms with Crippen molar-refractivity contribution < 1.29 is 9.53 Å². The summed E-state index contributed by atoms with van der Waals surface area (Å²) in [5.41, 5.74) is 2.45. The predicted octanol–water partition coefficient (Wildman–Crippen LogP) is 2.49. The summed E-state index contributed by atoms with van der Waals surface area (Å²) in [6.07, 6.45) is 1.91. The maximum atomic E-state index is 12.2. The third-order valence-corrected chi connectivity index (χ3v) is 6.27. The molecular weight excluding hydrogens is 315 g/mol. The molecule has 1 aliphatic heterocycles. The molecule has 102 valence electrons. The molecule has 1 atom stereocenters. The molecule has 0 radical (unpaired) electrons. The Balaban J connectivity index is 1.59. The van der Waals surface area contributed by atoms with Crippen LogP contribution in [0.15, 0.2) is 54.6 Å². The quantitative estimate of drug-likeness (QED) is 0.638. The molecule has 0 aliphatic carbocycles. The summed E-state index contributed by atoms with van der Waals surface area (Å²) in [6.45, 7) is 0.383. The Labute approximate surface area is 125 Å². The standard InChI is InChI=1S/C17H16O2Se/c18-17(19-12-13-6-2-1-3-7-13)16-11-10-14-8-4-5-9-15(14)20-16/h1-9,16H,10-12H2. The Kier molecular flexibility index (Phi) is 4.19. The number of carbonyl (C=O) groups excluding carboxylic acids is 1. The number of benzene rings is 2. The Morgan fingerprint density at radius 3 is 2.70 bits per heavy atom. The molecule has 3 rings (SSSR count). The van der Waals surface area contributed by atoms with E-state index >= 15 is 0 Å². The van der Waals surface area contributed by atoms with Crippen molar-refractivity contribution in [3.05, 3.63) is 65.7 Å². The van der Waals surface area contributed by atoms with E-state index in [1.165, 1.54) is 10.0 Å². The van der Waals surface area contributed by atoms with Crippen molar-refractivity contribution in [1.29, 1.82) is 0 Å². The fourth-order valence-electron chi connectivity index (χ4n) is 2.31. The van der Waals surface area contributed by atoms with Gasteiger partial charge in [0, 0.05) is 0 Å². The average molecular weight is 331 g/mol. The van der Waals surface area contributed by atoms with Gasteiger partial charge in [-0.3, -0.25) is 0 Å². The first kappa shape index (κ1) is 13.4. The number of fused-ring (bicyclic) bond motifs is 1. The summed E-state index contributed by atoms with van der Waals surface area (Å²) in [7, 11) is 0. The Bertz CT molecular complexity index is 595. The number of rotatable bonds is 3. The van der Waals surface area contributed by atoms with E-state index < -0.39 is 0 Å². The molecule has 1 unspecified atom stereocenters. The molecule has 0 N–H and O–H groups in total. The van der Waals surface area contributed by atoms with Crippen LogP contribution in [0.5, 0.6) is 0 Å². The van der Waals surface area contributed by atoms with Crippen LogP contribution < -0.4 is 4.46 Å². The van der Waals surface area contributed by atoms with Gasteiger partial charge in [-0.2, -0.15) is 0 Å². The van der Waals surface area contributed by atoms with Crippen molar-refractivity contribution in [2.45, 2.75) is 24.3 Å². The first-order chi connectivity index (χ1) is 9.83. The topological polar surface area (TPSA) is 26.3 Å². The van der Waals surface area contributed by atoms with E-state index in [9.17, 15) is 4.79 Å². The van der Waals surface area contributed by atoms with Crippen LogP contribution in [-0.2, 0) is 22.6 Å². The van der Waals surface area contributed by atoms with Crippen LogP contribution in [0.25, 0.3) is 0 Å². The summed E-state index contributed by atoms with van der Waals surface area (Å²) in [5.74, 6) is -0.0386. The van der Waals surface area contributed by atoms with Gasteiger partial charge < -0.3 is 0 Å². The molecule has 0 fully saturated rings. The van der Waals surface area contributed by atoms with Gasteiger partial charge in [0.1, 0.15) is 0 Å². The zero-order chi connectivity index (χ0) is 13.8. The maximum absolute atomic E-state index is 12.2. The number of esters is 1. The average Bonchev–Trinajstić information content (AvgIpc) is 2.53. The van der Waals surface area contributed by atoms with Gasteiger partial charge in [-0.1, -0.05) is 0 Å². The first-order valence-electron chi connectivity index (χ1n) is 6.78. The number of ether oxygens (including phenoxy) is 1. The molecule has 1 heterocycles. The molecule has 0 bridgehead atoms. The van der Waals surface area contributed by atoms with Crippen molar-refractivity contribution in [3.8, 4) is 0 Å². The summed E-state index contributed by atoms with van der Waals surface area (Å²) in [5, 5.41) is 0. The number of aryl methyl sites for hydroxylation is 1. The second kappa shape index (κ2) is 6.25. The van der Waals surface area contributed by atoms with Crippen molar-refractivity contribution >= 4 is 25.4 Å². The van der Waals surface area contributed by atoms with Crippen molar-refractivity contribution in [1.82, 2.24) is 0 Å². The van der Waals surface area contributed by atoms with Gasteiger partial charge in [0.15, 0.2) is 0 Å². The Morgan fingerprint density at radius 2 is 1.85 bits per heavy atom. The van der Waals surface area contributed by atoms with Crippen LogP contribution in [-0.4, -0.2) is 20.9 Å². The van der Waals surface area contributed by atoms with E-state index in [2.05, 4.69) is 24.3 Å². The molecule has 0 amide bonds. The molecule has 1 aliphatic rings. The van der Waals surface area contributed by atoms with Crippen LogP contribution in [0.2, 0.25) is 4.82 Å². The van der Waals surface area contributed by atoms with Crippen LogP contribution >= 0.6 is 0 Å². The van der Waals surface area contributed by atoms with Crippen molar-refractivity contribution in [3.63, 3.8) is 0 Å². The SMILES string of the molecule is O=C(OCc1ccccc1)C1CCc2ccccc2[Se]1. The van der Waals surface area contributed by atoms with E-state index in [1.807, 2.05) is 30.3 Å². The Hall–Kier alpha value is -1.57. The second-order valence-corrected chi connectivity index (χ2v) is 7.46. The third-order valence-electron chi connectivity index (χ3n) is 3.40. The van der Waals surface area contributed by atoms with E-state index in [0.29, 0.717) is 6.61 Å². The summed E-state index contributed by atoms with van der Waals surface area (Å²) < 4.78 is 6.81. The summed E-state index contributed by atoms with van der Waals surface area (Å²) >= 11 is 0.197. The molecule has 0 saturated carbocycles. The van der Waals surface area contributed by atoms with Gasteiger partial charge >= 0.3 is 125 Å². The van der Waals surface area contributed by atoms with E-state index in [4.69, 9.17) is 4.74 Å². The molecular formula is C17H16O2Se. The van der Waals surface area contributed by atoms with E-state index in [1.54, 1.807) is 0 Å². The molecule has 0 saturated heterocycles. The van der Waals surface area contributed by atoms with E-state index in [-0.39, 0.29) is 25.7 Å². The Morgan fingerprint density at radius 1 is 1.10 bits per heavy atom. The number of hydrogen-bond donors (Lipinski definition) is 0. The minimum atomic E-state index is -0.0386. The fraction of sp³-hybridized carbons (Fsp3) is 0.235. The molecule has 3 heteroatoms. The van der Waals surface area contributed by atoms with Crippen LogP contribution in [0, 0.1) is 0 Å². The monoisotopic (exact) mass is 332 g/mol. The van der Waals surface area contributed by atoms with Crippen LogP contribution in [0.1, 0.15) is 17.5 Å². The molecule has 20 heavy (non-hydrogen) atoms. The zero-order valence-electron chi connectivity index (χ0n) is 11.1. The predicted molar refractivity (Wildman–Crippen MR) is 80.1 cm³/mol. The van der Waals surface area contributed by atoms with Crippen LogP contribution in [0.4, 0.5) is 0 Å². The van der Waals surface area contributed by atoms with Gasteiger partial charge in [-0.05, 0) is 0 Å². The second-order valence-electron chi connectivity index (χ2n) is 4.85. The van der Waals surface area contributed by atoms with Gasteiger partial charge in [-0.25, -0.2) is 0 Å². The van der Waals surface area contributed by atoms with Crippen molar-refractivity contribution in [2.75, 3.05) is 0 Å². The van der Waals surface area contributed by atoms with Gasteiger partial charge in [0.2, 0.25) is 0 Å². The third kappa shape index (κ3) is 3.12. The molecule has 2 nitrogen and oxygen atoms in total. The molecule has 0 aromatic heterocycles. The molecule has 0 spiro atoms. The molecule has 2 aromatic carbocycles.